The predicted molar refractivity (Wildman–Crippen MR) is 78.9 cm³/mol. The lowest BCUT2D eigenvalue weighted by Crippen LogP contribution is -2.50. The minimum atomic E-state index is 0.787. The molecule has 1 saturated carbocycles. The van der Waals surface area contributed by atoms with Crippen molar-refractivity contribution in [1.82, 2.24) is 10.2 Å². The quantitative estimate of drug-likeness (QED) is 0.825. The molecule has 1 N–H and O–H groups in total. The van der Waals surface area contributed by atoms with Crippen LogP contribution in [0.25, 0.3) is 0 Å². The molecule has 4 atom stereocenters. The van der Waals surface area contributed by atoms with Crippen LogP contribution in [0.2, 0.25) is 0 Å². The van der Waals surface area contributed by atoms with Crippen molar-refractivity contribution in [2.24, 2.45) is 5.92 Å². The zero-order valence-corrected chi connectivity index (χ0v) is 12.6. The van der Waals surface area contributed by atoms with Crippen molar-refractivity contribution >= 4 is 0 Å². The molecule has 0 radical (unpaired) electrons. The van der Waals surface area contributed by atoms with Gasteiger partial charge in [-0.3, -0.25) is 4.90 Å². The smallest absolute Gasteiger partial charge is 0.0113 e. The van der Waals surface area contributed by atoms with Crippen LogP contribution in [0.1, 0.15) is 65.7 Å². The van der Waals surface area contributed by atoms with E-state index in [2.05, 4.69) is 31.0 Å². The number of hydrogen-bond acceptors (Lipinski definition) is 2. The van der Waals surface area contributed by atoms with Crippen LogP contribution < -0.4 is 5.32 Å². The van der Waals surface area contributed by atoms with Crippen LogP contribution in [0, 0.1) is 5.92 Å². The van der Waals surface area contributed by atoms with E-state index < -0.39 is 0 Å². The van der Waals surface area contributed by atoms with Crippen LogP contribution in [0.3, 0.4) is 0 Å². The molecule has 1 heterocycles. The minimum absolute atomic E-state index is 0.787. The van der Waals surface area contributed by atoms with Crippen LogP contribution in [-0.2, 0) is 0 Å². The number of nitrogens with zero attached hydrogens (tertiary/aromatic N) is 1. The monoisotopic (exact) mass is 252 g/mol. The summed E-state index contributed by atoms with van der Waals surface area (Å²) < 4.78 is 0. The molecule has 1 saturated heterocycles. The van der Waals surface area contributed by atoms with Gasteiger partial charge in [-0.2, -0.15) is 0 Å². The van der Waals surface area contributed by atoms with Gasteiger partial charge in [-0.15, -0.1) is 0 Å². The van der Waals surface area contributed by atoms with E-state index in [1.807, 2.05) is 0 Å². The first kappa shape index (κ1) is 14.3. The lowest BCUT2D eigenvalue weighted by molar-refractivity contribution is 0.0551. The standard InChI is InChI=1S/C16H32N2/c1-4-9-17-15-6-5-7-16(12-15)18-10-8-13(2)11-14(18)3/h13-17H,4-12H2,1-3H3. The summed E-state index contributed by atoms with van der Waals surface area (Å²) in [6, 6.07) is 2.45. The van der Waals surface area contributed by atoms with E-state index in [9.17, 15) is 0 Å². The van der Waals surface area contributed by atoms with Gasteiger partial charge in [0.2, 0.25) is 0 Å². The first-order valence-corrected chi connectivity index (χ1v) is 8.19. The summed E-state index contributed by atoms with van der Waals surface area (Å²) in [5.41, 5.74) is 0. The molecular weight excluding hydrogens is 220 g/mol. The van der Waals surface area contributed by atoms with E-state index in [4.69, 9.17) is 0 Å². The summed E-state index contributed by atoms with van der Waals surface area (Å²) in [6.07, 6.45) is 9.72. The van der Waals surface area contributed by atoms with E-state index in [1.54, 1.807) is 0 Å². The molecular formula is C16H32N2. The Morgan fingerprint density at radius 3 is 2.67 bits per heavy atom. The van der Waals surface area contributed by atoms with Crippen molar-refractivity contribution < 1.29 is 0 Å². The van der Waals surface area contributed by atoms with Crippen molar-refractivity contribution in [1.29, 1.82) is 0 Å². The highest BCUT2D eigenvalue weighted by molar-refractivity contribution is 4.88. The van der Waals surface area contributed by atoms with Crippen molar-refractivity contribution in [2.45, 2.75) is 83.8 Å². The highest BCUT2D eigenvalue weighted by Gasteiger charge is 2.32. The van der Waals surface area contributed by atoms with E-state index in [-0.39, 0.29) is 0 Å². The fourth-order valence-electron chi connectivity index (χ4n) is 3.97. The summed E-state index contributed by atoms with van der Waals surface area (Å²) in [5.74, 6) is 0.939. The first-order chi connectivity index (χ1) is 8.70. The molecule has 0 bridgehead atoms. The lowest BCUT2D eigenvalue weighted by atomic mass is 9.85. The Morgan fingerprint density at radius 2 is 1.94 bits per heavy atom. The highest BCUT2D eigenvalue weighted by Crippen LogP contribution is 2.30. The molecule has 2 aliphatic rings. The van der Waals surface area contributed by atoms with Gasteiger partial charge < -0.3 is 5.32 Å². The maximum atomic E-state index is 3.74. The lowest BCUT2D eigenvalue weighted by Gasteiger charge is -2.45. The Morgan fingerprint density at radius 1 is 1.11 bits per heavy atom. The van der Waals surface area contributed by atoms with Crippen molar-refractivity contribution in [3.8, 4) is 0 Å². The SMILES string of the molecule is CCCNC1CCCC(N2CCC(C)CC2C)C1. The Balaban J connectivity index is 1.84. The Bertz CT molecular complexity index is 241. The fourth-order valence-corrected chi connectivity index (χ4v) is 3.97. The third kappa shape index (κ3) is 3.71. The van der Waals surface area contributed by atoms with Gasteiger partial charge >= 0.3 is 0 Å². The Hall–Kier alpha value is -0.0800. The summed E-state index contributed by atoms with van der Waals surface area (Å²) >= 11 is 0. The second-order valence-corrected chi connectivity index (χ2v) is 6.69. The van der Waals surface area contributed by atoms with Gasteiger partial charge in [-0.1, -0.05) is 20.3 Å². The number of piperidine rings is 1. The molecule has 1 aliphatic carbocycles. The molecule has 2 fully saturated rings. The summed E-state index contributed by atoms with van der Waals surface area (Å²) in [7, 11) is 0. The molecule has 1 aliphatic heterocycles. The summed E-state index contributed by atoms with van der Waals surface area (Å²) in [6.45, 7) is 9.66. The van der Waals surface area contributed by atoms with Crippen LogP contribution >= 0.6 is 0 Å². The number of hydrogen-bond donors (Lipinski definition) is 1. The van der Waals surface area contributed by atoms with E-state index >= 15 is 0 Å². The molecule has 0 aromatic rings. The van der Waals surface area contributed by atoms with Crippen LogP contribution in [0.4, 0.5) is 0 Å². The third-order valence-electron chi connectivity index (χ3n) is 4.99. The Kier molecular flexibility index (Phi) is 5.50. The topological polar surface area (TPSA) is 15.3 Å². The van der Waals surface area contributed by atoms with Gasteiger partial charge in [0, 0.05) is 18.1 Å². The zero-order chi connectivity index (χ0) is 13.0. The summed E-state index contributed by atoms with van der Waals surface area (Å²) in [5, 5.41) is 3.74. The van der Waals surface area contributed by atoms with Gasteiger partial charge in [0.05, 0.1) is 0 Å². The number of likely N-dealkylation sites (tertiary alicyclic amines) is 1. The van der Waals surface area contributed by atoms with E-state index in [0.29, 0.717) is 0 Å². The molecule has 0 aromatic carbocycles. The van der Waals surface area contributed by atoms with Crippen molar-refractivity contribution in [3.63, 3.8) is 0 Å². The molecule has 0 spiro atoms. The maximum Gasteiger partial charge on any atom is 0.0113 e. The predicted octanol–water partition coefficient (Wildman–Crippen LogP) is 3.42. The van der Waals surface area contributed by atoms with Gasteiger partial charge in [-0.05, 0) is 64.5 Å². The highest BCUT2D eigenvalue weighted by atomic mass is 15.2. The molecule has 2 heteroatoms. The van der Waals surface area contributed by atoms with Crippen LogP contribution in [0.5, 0.6) is 0 Å². The van der Waals surface area contributed by atoms with Gasteiger partial charge in [0.25, 0.3) is 0 Å². The number of nitrogens with one attached hydrogen (secondary N) is 1. The molecule has 106 valence electrons. The molecule has 0 amide bonds. The minimum Gasteiger partial charge on any atom is -0.314 e. The normalized spacial score (nSPS) is 38.8. The summed E-state index contributed by atoms with van der Waals surface area (Å²) in [4.78, 5) is 2.82. The van der Waals surface area contributed by atoms with E-state index in [1.165, 1.54) is 58.0 Å². The van der Waals surface area contributed by atoms with Crippen molar-refractivity contribution in [2.75, 3.05) is 13.1 Å². The first-order valence-electron chi connectivity index (χ1n) is 8.19. The largest absolute Gasteiger partial charge is 0.314 e. The molecule has 18 heavy (non-hydrogen) atoms. The third-order valence-corrected chi connectivity index (χ3v) is 4.99. The molecule has 0 aromatic heterocycles. The van der Waals surface area contributed by atoms with Gasteiger partial charge in [0.1, 0.15) is 0 Å². The average molecular weight is 252 g/mol. The van der Waals surface area contributed by atoms with Crippen molar-refractivity contribution in [3.05, 3.63) is 0 Å². The maximum absolute atomic E-state index is 3.74. The zero-order valence-electron chi connectivity index (χ0n) is 12.6. The second-order valence-electron chi connectivity index (χ2n) is 6.69. The number of rotatable bonds is 4. The Labute approximate surface area is 114 Å². The van der Waals surface area contributed by atoms with Gasteiger partial charge in [0.15, 0.2) is 0 Å². The molecule has 2 nitrogen and oxygen atoms in total. The van der Waals surface area contributed by atoms with Gasteiger partial charge in [-0.25, -0.2) is 0 Å². The van der Waals surface area contributed by atoms with E-state index in [0.717, 1.165) is 24.0 Å². The molecule has 2 rings (SSSR count). The second kappa shape index (κ2) is 6.91. The van der Waals surface area contributed by atoms with Crippen LogP contribution in [-0.4, -0.2) is 36.1 Å². The molecule has 4 unspecified atom stereocenters. The average Bonchev–Trinajstić information content (AvgIpc) is 2.36. The van der Waals surface area contributed by atoms with Crippen LogP contribution in [0.15, 0.2) is 0 Å². The fraction of sp³-hybridized carbons (Fsp3) is 1.00.